The standard InChI is InChI=1S/C18H38N2O/c1-6-16(7-2)20(12-13-21)14-15-10-9-11-18(4,5)17(15)19-8-3/h15-17,19,21H,6-14H2,1-5H3. The van der Waals surface area contributed by atoms with Gasteiger partial charge in [0.05, 0.1) is 6.61 Å². The van der Waals surface area contributed by atoms with Crippen molar-refractivity contribution in [2.24, 2.45) is 11.3 Å². The maximum atomic E-state index is 9.42. The summed E-state index contributed by atoms with van der Waals surface area (Å²) < 4.78 is 0. The Balaban J connectivity index is 2.78. The van der Waals surface area contributed by atoms with Gasteiger partial charge in [0.2, 0.25) is 0 Å². The molecule has 0 saturated heterocycles. The highest BCUT2D eigenvalue weighted by Gasteiger charge is 2.39. The highest BCUT2D eigenvalue weighted by atomic mass is 16.3. The van der Waals surface area contributed by atoms with E-state index in [1.54, 1.807) is 0 Å². The van der Waals surface area contributed by atoms with Crippen molar-refractivity contribution in [3.63, 3.8) is 0 Å². The van der Waals surface area contributed by atoms with Gasteiger partial charge in [-0.15, -0.1) is 0 Å². The van der Waals surface area contributed by atoms with Gasteiger partial charge in [-0.3, -0.25) is 4.90 Å². The highest BCUT2D eigenvalue weighted by Crippen LogP contribution is 2.39. The van der Waals surface area contributed by atoms with Crippen molar-refractivity contribution >= 4 is 0 Å². The van der Waals surface area contributed by atoms with E-state index in [1.165, 1.54) is 32.1 Å². The second-order valence-electron chi connectivity index (χ2n) is 7.37. The molecule has 2 atom stereocenters. The predicted molar refractivity (Wildman–Crippen MR) is 91.6 cm³/mol. The van der Waals surface area contributed by atoms with E-state index in [0.717, 1.165) is 19.6 Å². The van der Waals surface area contributed by atoms with Crippen LogP contribution < -0.4 is 5.32 Å². The molecule has 0 aliphatic heterocycles. The first-order valence-electron chi connectivity index (χ1n) is 9.08. The Morgan fingerprint density at radius 3 is 2.43 bits per heavy atom. The van der Waals surface area contributed by atoms with Crippen molar-refractivity contribution in [1.82, 2.24) is 10.2 Å². The van der Waals surface area contributed by atoms with Crippen molar-refractivity contribution in [3.8, 4) is 0 Å². The Morgan fingerprint density at radius 2 is 1.90 bits per heavy atom. The summed E-state index contributed by atoms with van der Waals surface area (Å²) in [5, 5.41) is 13.2. The summed E-state index contributed by atoms with van der Waals surface area (Å²) in [7, 11) is 0. The quantitative estimate of drug-likeness (QED) is 0.686. The summed E-state index contributed by atoms with van der Waals surface area (Å²) in [6.07, 6.45) is 6.35. The van der Waals surface area contributed by atoms with Crippen molar-refractivity contribution < 1.29 is 5.11 Å². The number of nitrogens with one attached hydrogen (secondary N) is 1. The molecular weight excluding hydrogens is 260 g/mol. The molecule has 21 heavy (non-hydrogen) atoms. The van der Waals surface area contributed by atoms with Gasteiger partial charge in [0, 0.05) is 25.2 Å². The molecule has 2 unspecified atom stereocenters. The minimum absolute atomic E-state index is 0.276. The third-order valence-electron chi connectivity index (χ3n) is 5.45. The van der Waals surface area contributed by atoms with Crippen LogP contribution in [0.5, 0.6) is 0 Å². The Labute approximate surface area is 132 Å². The molecular formula is C18H38N2O. The molecule has 0 aromatic heterocycles. The van der Waals surface area contributed by atoms with Gasteiger partial charge in [0.1, 0.15) is 0 Å². The average molecular weight is 299 g/mol. The zero-order valence-electron chi connectivity index (χ0n) is 15.0. The smallest absolute Gasteiger partial charge is 0.0558 e. The molecule has 0 spiro atoms. The predicted octanol–water partition coefficient (Wildman–Crippen LogP) is 3.27. The second-order valence-corrected chi connectivity index (χ2v) is 7.37. The maximum absolute atomic E-state index is 9.42. The number of hydrogen-bond donors (Lipinski definition) is 2. The minimum atomic E-state index is 0.276. The summed E-state index contributed by atoms with van der Waals surface area (Å²) in [5.74, 6) is 0.709. The number of rotatable bonds is 9. The van der Waals surface area contributed by atoms with Gasteiger partial charge in [-0.25, -0.2) is 0 Å². The number of aliphatic hydroxyl groups excluding tert-OH is 1. The highest BCUT2D eigenvalue weighted by molar-refractivity contribution is 4.94. The fraction of sp³-hybridized carbons (Fsp3) is 1.00. The molecule has 2 N–H and O–H groups in total. The minimum Gasteiger partial charge on any atom is -0.395 e. The number of aliphatic hydroxyl groups is 1. The normalized spacial score (nSPS) is 25.7. The van der Waals surface area contributed by atoms with Crippen molar-refractivity contribution in [2.75, 3.05) is 26.2 Å². The fourth-order valence-corrected chi connectivity index (χ4v) is 4.30. The van der Waals surface area contributed by atoms with E-state index in [9.17, 15) is 5.11 Å². The monoisotopic (exact) mass is 298 g/mol. The molecule has 0 aromatic rings. The zero-order chi connectivity index (χ0) is 15.9. The lowest BCUT2D eigenvalue weighted by Gasteiger charge is -2.47. The Kier molecular flexibility index (Phi) is 8.22. The molecule has 0 amide bonds. The van der Waals surface area contributed by atoms with Crippen LogP contribution in [0.4, 0.5) is 0 Å². The van der Waals surface area contributed by atoms with Crippen molar-refractivity contribution in [3.05, 3.63) is 0 Å². The van der Waals surface area contributed by atoms with Crippen molar-refractivity contribution in [1.29, 1.82) is 0 Å². The van der Waals surface area contributed by atoms with Gasteiger partial charge in [0.15, 0.2) is 0 Å². The summed E-state index contributed by atoms with van der Waals surface area (Å²) in [6, 6.07) is 1.22. The molecule has 1 fully saturated rings. The van der Waals surface area contributed by atoms with E-state index in [1.807, 2.05) is 0 Å². The average Bonchev–Trinajstić information content (AvgIpc) is 2.44. The summed E-state index contributed by atoms with van der Waals surface area (Å²) in [4.78, 5) is 2.54. The van der Waals surface area contributed by atoms with Gasteiger partial charge in [0.25, 0.3) is 0 Å². The third-order valence-corrected chi connectivity index (χ3v) is 5.45. The molecule has 3 nitrogen and oxygen atoms in total. The van der Waals surface area contributed by atoms with Crippen LogP contribution >= 0.6 is 0 Å². The van der Waals surface area contributed by atoms with Gasteiger partial charge < -0.3 is 10.4 Å². The van der Waals surface area contributed by atoms with Crippen LogP contribution in [0.2, 0.25) is 0 Å². The fourth-order valence-electron chi connectivity index (χ4n) is 4.30. The van der Waals surface area contributed by atoms with Crippen LogP contribution in [0.15, 0.2) is 0 Å². The molecule has 3 heteroatoms. The SMILES string of the molecule is CCNC1C(CN(CCO)C(CC)CC)CCCC1(C)C. The first-order valence-corrected chi connectivity index (χ1v) is 9.08. The van der Waals surface area contributed by atoms with E-state index in [4.69, 9.17) is 0 Å². The van der Waals surface area contributed by atoms with E-state index in [-0.39, 0.29) is 6.61 Å². The van der Waals surface area contributed by atoms with E-state index in [0.29, 0.717) is 23.4 Å². The first kappa shape index (κ1) is 18.9. The lowest BCUT2D eigenvalue weighted by Crippen LogP contribution is -2.54. The lowest BCUT2D eigenvalue weighted by molar-refractivity contribution is 0.0551. The summed E-state index contributed by atoms with van der Waals surface area (Å²) in [5.41, 5.74) is 0.387. The lowest BCUT2D eigenvalue weighted by atomic mass is 9.67. The zero-order valence-corrected chi connectivity index (χ0v) is 15.0. The van der Waals surface area contributed by atoms with Crippen LogP contribution in [0.3, 0.4) is 0 Å². The van der Waals surface area contributed by atoms with Gasteiger partial charge >= 0.3 is 0 Å². The molecule has 126 valence electrons. The molecule has 0 radical (unpaired) electrons. The van der Waals surface area contributed by atoms with Crippen molar-refractivity contribution in [2.45, 2.75) is 78.8 Å². The number of hydrogen-bond acceptors (Lipinski definition) is 3. The Morgan fingerprint density at radius 1 is 1.24 bits per heavy atom. The molecule has 0 heterocycles. The molecule has 1 aliphatic rings. The van der Waals surface area contributed by atoms with E-state index < -0.39 is 0 Å². The van der Waals surface area contributed by atoms with Gasteiger partial charge in [-0.1, -0.05) is 41.0 Å². The second kappa shape index (κ2) is 9.12. The summed E-state index contributed by atoms with van der Waals surface area (Å²) in [6.45, 7) is 14.9. The molecule has 1 rings (SSSR count). The van der Waals surface area contributed by atoms with Crippen LogP contribution in [0.1, 0.15) is 66.7 Å². The topological polar surface area (TPSA) is 35.5 Å². The van der Waals surface area contributed by atoms with E-state index >= 15 is 0 Å². The van der Waals surface area contributed by atoms with Crippen LogP contribution in [0, 0.1) is 11.3 Å². The summed E-state index contributed by atoms with van der Waals surface area (Å²) >= 11 is 0. The molecule has 0 bridgehead atoms. The van der Waals surface area contributed by atoms with Crippen LogP contribution in [-0.4, -0.2) is 48.3 Å². The maximum Gasteiger partial charge on any atom is 0.0558 e. The Hall–Kier alpha value is -0.120. The molecule has 0 aromatic carbocycles. The Bertz CT molecular complexity index is 276. The first-order chi connectivity index (χ1) is 10.00. The third kappa shape index (κ3) is 5.22. The van der Waals surface area contributed by atoms with Crippen LogP contribution in [0.25, 0.3) is 0 Å². The largest absolute Gasteiger partial charge is 0.395 e. The van der Waals surface area contributed by atoms with Crippen LogP contribution in [-0.2, 0) is 0 Å². The number of nitrogens with zero attached hydrogens (tertiary/aromatic N) is 1. The van der Waals surface area contributed by atoms with Gasteiger partial charge in [-0.2, -0.15) is 0 Å². The van der Waals surface area contributed by atoms with E-state index in [2.05, 4.69) is 44.8 Å². The molecule has 1 saturated carbocycles. The van der Waals surface area contributed by atoms with Gasteiger partial charge in [-0.05, 0) is 43.6 Å². The molecule has 1 aliphatic carbocycles.